The highest BCUT2D eigenvalue weighted by molar-refractivity contribution is 6.38. The second kappa shape index (κ2) is 5.13. The fraction of sp³-hybridized carbons (Fsp3) is 0.235. The Kier molecular flexibility index (Phi) is 3.29. The number of hydrogen-bond acceptors (Lipinski definition) is 4. The van der Waals surface area contributed by atoms with E-state index in [1.165, 1.54) is 11.1 Å². The molecule has 0 saturated carbocycles. The SMILES string of the molecule is COC(=O)C(=O)CC(=O)c1ccc2c3c(cccc13)CC2. The van der Waals surface area contributed by atoms with Gasteiger partial charge in [0.2, 0.25) is 5.78 Å². The minimum absolute atomic E-state index is 0.346. The molecule has 0 fully saturated rings. The van der Waals surface area contributed by atoms with Gasteiger partial charge in [-0.25, -0.2) is 4.79 Å². The number of benzene rings is 2. The number of carbonyl (C=O) groups is 3. The normalized spacial score (nSPS) is 12.4. The molecule has 0 N–H and O–H groups in total. The summed E-state index contributed by atoms with van der Waals surface area (Å²) in [5.41, 5.74) is 2.96. The van der Waals surface area contributed by atoms with Crippen LogP contribution in [0.15, 0.2) is 30.3 Å². The fourth-order valence-corrected chi connectivity index (χ4v) is 2.92. The molecule has 0 saturated heterocycles. The zero-order valence-electron chi connectivity index (χ0n) is 11.6. The van der Waals surface area contributed by atoms with E-state index >= 15 is 0 Å². The minimum Gasteiger partial charge on any atom is -0.463 e. The lowest BCUT2D eigenvalue weighted by Gasteiger charge is -2.07. The Bertz CT molecular complexity index is 763. The van der Waals surface area contributed by atoms with E-state index in [1.54, 1.807) is 6.07 Å². The maximum atomic E-state index is 12.3. The van der Waals surface area contributed by atoms with Crippen LogP contribution in [0, 0.1) is 0 Å². The average molecular weight is 282 g/mol. The lowest BCUT2D eigenvalue weighted by atomic mass is 9.96. The molecule has 0 bridgehead atoms. The van der Waals surface area contributed by atoms with Gasteiger partial charge >= 0.3 is 5.97 Å². The summed E-state index contributed by atoms with van der Waals surface area (Å²) in [6.45, 7) is 0. The van der Waals surface area contributed by atoms with Crippen LogP contribution in [0.25, 0.3) is 10.8 Å². The van der Waals surface area contributed by atoms with E-state index in [-0.39, 0.29) is 5.78 Å². The summed E-state index contributed by atoms with van der Waals surface area (Å²) in [4.78, 5) is 35.0. The first kappa shape index (κ1) is 13.5. The average Bonchev–Trinajstić information content (AvgIpc) is 2.92. The predicted octanol–water partition coefficient (Wildman–Crippen LogP) is 2.25. The molecule has 1 aliphatic carbocycles. The molecule has 1 aliphatic rings. The molecule has 3 rings (SSSR count). The highest BCUT2D eigenvalue weighted by Gasteiger charge is 2.23. The maximum absolute atomic E-state index is 12.3. The molecule has 4 heteroatoms. The molecule has 0 unspecified atom stereocenters. The Hall–Kier alpha value is -2.49. The zero-order chi connectivity index (χ0) is 15.0. The van der Waals surface area contributed by atoms with Crippen molar-refractivity contribution >= 4 is 28.3 Å². The van der Waals surface area contributed by atoms with Gasteiger partial charge in [0.1, 0.15) is 0 Å². The number of ether oxygens (including phenoxy) is 1. The first-order valence-electron chi connectivity index (χ1n) is 6.79. The highest BCUT2D eigenvalue weighted by atomic mass is 16.5. The second-order valence-electron chi connectivity index (χ2n) is 5.13. The topological polar surface area (TPSA) is 60.4 Å². The van der Waals surface area contributed by atoms with Gasteiger partial charge in [0, 0.05) is 5.56 Å². The van der Waals surface area contributed by atoms with Crippen molar-refractivity contribution in [3.05, 3.63) is 47.0 Å². The molecule has 0 radical (unpaired) electrons. The second-order valence-corrected chi connectivity index (χ2v) is 5.13. The Labute approximate surface area is 121 Å². The van der Waals surface area contributed by atoms with E-state index in [9.17, 15) is 14.4 Å². The molecule has 0 aliphatic heterocycles. The molecule has 0 aromatic heterocycles. The maximum Gasteiger partial charge on any atom is 0.374 e. The van der Waals surface area contributed by atoms with Gasteiger partial charge in [0.15, 0.2) is 5.78 Å². The van der Waals surface area contributed by atoms with Crippen molar-refractivity contribution in [1.29, 1.82) is 0 Å². The Morgan fingerprint density at radius 1 is 1.05 bits per heavy atom. The predicted molar refractivity (Wildman–Crippen MR) is 77.3 cm³/mol. The molecule has 0 spiro atoms. The van der Waals surface area contributed by atoms with Gasteiger partial charge in [-0.2, -0.15) is 0 Å². The fourth-order valence-electron chi connectivity index (χ4n) is 2.92. The number of hydrogen-bond donors (Lipinski definition) is 0. The Morgan fingerprint density at radius 3 is 2.48 bits per heavy atom. The molecule has 0 atom stereocenters. The summed E-state index contributed by atoms with van der Waals surface area (Å²) >= 11 is 0. The summed E-state index contributed by atoms with van der Waals surface area (Å²) < 4.78 is 4.34. The van der Waals surface area contributed by atoms with Crippen LogP contribution in [0.1, 0.15) is 27.9 Å². The first-order valence-corrected chi connectivity index (χ1v) is 6.79. The van der Waals surface area contributed by atoms with Crippen molar-refractivity contribution in [3.63, 3.8) is 0 Å². The van der Waals surface area contributed by atoms with E-state index in [1.807, 2.05) is 18.2 Å². The molecular formula is C17H14O4. The number of esters is 1. The van der Waals surface area contributed by atoms with Crippen molar-refractivity contribution in [2.45, 2.75) is 19.3 Å². The smallest absolute Gasteiger partial charge is 0.374 e. The molecule has 106 valence electrons. The van der Waals surface area contributed by atoms with Gasteiger partial charge in [0.05, 0.1) is 13.5 Å². The van der Waals surface area contributed by atoms with Crippen LogP contribution >= 0.6 is 0 Å². The van der Waals surface area contributed by atoms with Gasteiger partial charge in [-0.15, -0.1) is 0 Å². The van der Waals surface area contributed by atoms with Crippen LogP contribution < -0.4 is 0 Å². The molecule has 2 aromatic carbocycles. The molecule has 2 aromatic rings. The van der Waals surface area contributed by atoms with Crippen LogP contribution in [-0.2, 0) is 27.2 Å². The van der Waals surface area contributed by atoms with Crippen LogP contribution in [0.2, 0.25) is 0 Å². The van der Waals surface area contributed by atoms with Crippen LogP contribution in [0.3, 0.4) is 0 Å². The van der Waals surface area contributed by atoms with E-state index in [0.717, 1.165) is 30.7 Å². The van der Waals surface area contributed by atoms with Gasteiger partial charge < -0.3 is 4.74 Å². The number of carbonyl (C=O) groups excluding carboxylic acids is 3. The molecular weight excluding hydrogens is 268 g/mol. The van der Waals surface area contributed by atoms with Gasteiger partial charge in [-0.05, 0) is 34.7 Å². The van der Waals surface area contributed by atoms with Crippen LogP contribution in [0.4, 0.5) is 0 Å². The van der Waals surface area contributed by atoms with Crippen molar-refractivity contribution in [3.8, 4) is 0 Å². The van der Waals surface area contributed by atoms with E-state index in [4.69, 9.17) is 0 Å². The summed E-state index contributed by atoms with van der Waals surface area (Å²) in [5, 5.41) is 1.99. The number of rotatable bonds is 4. The zero-order valence-corrected chi connectivity index (χ0v) is 11.6. The quantitative estimate of drug-likeness (QED) is 0.373. The van der Waals surface area contributed by atoms with Gasteiger partial charge in [-0.1, -0.05) is 30.3 Å². The van der Waals surface area contributed by atoms with E-state index < -0.39 is 18.2 Å². The van der Waals surface area contributed by atoms with Crippen LogP contribution in [0.5, 0.6) is 0 Å². The van der Waals surface area contributed by atoms with Crippen LogP contribution in [-0.4, -0.2) is 24.6 Å². The highest BCUT2D eigenvalue weighted by Crippen LogP contribution is 2.33. The third-order valence-electron chi connectivity index (χ3n) is 3.91. The number of methoxy groups -OCH3 is 1. The lowest BCUT2D eigenvalue weighted by Crippen LogP contribution is -2.19. The van der Waals surface area contributed by atoms with Gasteiger partial charge in [-0.3, -0.25) is 9.59 Å². The van der Waals surface area contributed by atoms with Crippen molar-refractivity contribution in [2.24, 2.45) is 0 Å². The minimum atomic E-state index is -0.978. The third-order valence-corrected chi connectivity index (χ3v) is 3.91. The summed E-state index contributed by atoms with van der Waals surface area (Å²) in [5.74, 6) is -2.14. The standard InChI is InChI=1S/C17H14O4/c1-21-17(20)15(19)9-14(18)12-8-7-11-6-5-10-3-2-4-13(12)16(10)11/h2-4,7-8H,5-6,9H2,1H3. The van der Waals surface area contributed by atoms with Gasteiger partial charge in [0.25, 0.3) is 0 Å². The molecule has 0 heterocycles. The number of aryl methyl sites for hydroxylation is 2. The Morgan fingerprint density at radius 2 is 1.76 bits per heavy atom. The number of ketones is 2. The Balaban J connectivity index is 2.00. The summed E-state index contributed by atoms with van der Waals surface area (Å²) in [7, 11) is 1.13. The summed E-state index contributed by atoms with van der Waals surface area (Å²) in [6.07, 6.45) is 1.50. The van der Waals surface area contributed by atoms with E-state index in [0.29, 0.717) is 5.56 Å². The van der Waals surface area contributed by atoms with Crippen molar-refractivity contribution < 1.29 is 19.1 Å². The molecule has 21 heavy (non-hydrogen) atoms. The van der Waals surface area contributed by atoms with Crippen molar-refractivity contribution in [1.82, 2.24) is 0 Å². The monoisotopic (exact) mass is 282 g/mol. The first-order chi connectivity index (χ1) is 10.1. The largest absolute Gasteiger partial charge is 0.463 e. The lowest BCUT2D eigenvalue weighted by molar-refractivity contribution is -0.151. The van der Waals surface area contributed by atoms with E-state index in [2.05, 4.69) is 10.8 Å². The molecule has 4 nitrogen and oxygen atoms in total. The summed E-state index contributed by atoms with van der Waals surface area (Å²) in [6, 6.07) is 9.57. The molecule has 0 amide bonds. The van der Waals surface area contributed by atoms with Crippen molar-refractivity contribution in [2.75, 3.05) is 7.11 Å². The number of Topliss-reactive ketones (excluding diaryl/α,β-unsaturated/α-hetero) is 2. The third kappa shape index (κ3) is 2.23.